The zero-order valence-corrected chi connectivity index (χ0v) is 14.5. The number of nitrogens with one attached hydrogen (secondary N) is 1. The van der Waals surface area contributed by atoms with E-state index in [0.717, 1.165) is 12.2 Å². The van der Waals surface area contributed by atoms with Gasteiger partial charge in [-0.05, 0) is 18.4 Å². The minimum Gasteiger partial charge on any atom is -0.383 e. The van der Waals surface area contributed by atoms with E-state index >= 15 is 0 Å². The molecule has 6 nitrogen and oxygen atoms in total. The maximum atomic E-state index is 12.8. The maximum absolute atomic E-state index is 12.8. The molecule has 4 rings (SSSR count). The monoisotopic (exact) mass is 340 g/mol. The first-order valence-corrected chi connectivity index (χ1v) is 8.86. The molecular formula is C19H24N4O2. The molecule has 1 saturated carbocycles. The molecular weight excluding hydrogens is 316 g/mol. The first-order valence-electron chi connectivity index (χ1n) is 8.86. The third-order valence-electron chi connectivity index (χ3n) is 5.51. The van der Waals surface area contributed by atoms with Crippen molar-refractivity contribution in [2.45, 2.75) is 31.8 Å². The van der Waals surface area contributed by atoms with Crippen LogP contribution < -0.4 is 5.32 Å². The van der Waals surface area contributed by atoms with E-state index in [1.54, 1.807) is 18.0 Å². The summed E-state index contributed by atoms with van der Waals surface area (Å²) < 4.78 is 6.82. The molecule has 1 aromatic carbocycles. The van der Waals surface area contributed by atoms with Gasteiger partial charge < -0.3 is 15.0 Å². The fourth-order valence-corrected chi connectivity index (χ4v) is 4.09. The molecule has 0 bridgehead atoms. The van der Waals surface area contributed by atoms with Crippen molar-refractivity contribution in [2.24, 2.45) is 5.41 Å². The number of methoxy groups -OCH3 is 1. The molecule has 2 aliphatic rings. The van der Waals surface area contributed by atoms with Crippen molar-refractivity contribution in [3.05, 3.63) is 48.3 Å². The van der Waals surface area contributed by atoms with Crippen LogP contribution in [0.3, 0.4) is 0 Å². The second-order valence-electron chi connectivity index (χ2n) is 7.07. The topological polar surface area (TPSA) is 59.4 Å². The minimum absolute atomic E-state index is 0.0438. The zero-order valence-electron chi connectivity index (χ0n) is 14.5. The van der Waals surface area contributed by atoms with Crippen LogP contribution in [0, 0.1) is 5.41 Å². The van der Waals surface area contributed by atoms with Crippen molar-refractivity contribution in [1.29, 1.82) is 0 Å². The van der Waals surface area contributed by atoms with E-state index in [4.69, 9.17) is 4.74 Å². The molecule has 1 atom stereocenters. The summed E-state index contributed by atoms with van der Waals surface area (Å²) in [7, 11) is 1.66. The second-order valence-corrected chi connectivity index (χ2v) is 7.07. The van der Waals surface area contributed by atoms with Gasteiger partial charge in [-0.3, -0.25) is 4.68 Å². The Hall–Kier alpha value is -2.34. The highest BCUT2D eigenvalue weighted by Crippen LogP contribution is 2.60. The maximum Gasteiger partial charge on any atom is 0.322 e. The quantitative estimate of drug-likeness (QED) is 0.908. The van der Waals surface area contributed by atoms with Crippen LogP contribution in [-0.4, -0.2) is 41.0 Å². The van der Waals surface area contributed by atoms with E-state index in [2.05, 4.69) is 34.7 Å². The first-order chi connectivity index (χ1) is 12.2. The van der Waals surface area contributed by atoms with Crippen LogP contribution in [0.5, 0.6) is 0 Å². The molecule has 132 valence electrons. The van der Waals surface area contributed by atoms with Crippen LogP contribution >= 0.6 is 0 Å². The Balaban J connectivity index is 1.45. The number of amides is 2. The van der Waals surface area contributed by atoms with Crippen molar-refractivity contribution in [3.63, 3.8) is 0 Å². The fourth-order valence-electron chi connectivity index (χ4n) is 4.09. The van der Waals surface area contributed by atoms with E-state index in [1.165, 1.54) is 24.8 Å². The number of rotatable bonds is 5. The molecule has 1 aliphatic heterocycles. The Morgan fingerprint density at radius 2 is 2.16 bits per heavy atom. The summed E-state index contributed by atoms with van der Waals surface area (Å²) in [5, 5.41) is 7.24. The van der Waals surface area contributed by atoms with Crippen LogP contribution in [0.2, 0.25) is 0 Å². The number of carbonyl (C=O) groups is 1. The average Bonchev–Trinajstić information content (AvgIpc) is 2.99. The predicted molar refractivity (Wildman–Crippen MR) is 95.3 cm³/mol. The van der Waals surface area contributed by atoms with E-state index in [1.807, 2.05) is 17.2 Å². The van der Waals surface area contributed by atoms with Crippen molar-refractivity contribution in [2.75, 3.05) is 25.6 Å². The Bertz CT molecular complexity index is 739. The lowest BCUT2D eigenvalue weighted by Crippen LogP contribution is -2.64. The number of urea groups is 1. The largest absolute Gasteiger partial charge is 0.383 e. The molecule has 1 spiro atoms. The molecule has 1 unspecified atom stereocenters. The van der Waals surface area contributed by atoms with Crippen molar-refractivity contribution < 1.29 is 9.53 Å². The standard InChI is InChI=1S/C19H24N4O2/c1-25-11-10-22-13-16(12-20-22)21-18(24)23-14-19(8-5-9-19)17(23)15-6-3-2-4-7-15/h2-4,6-7,12-13,17H,5,8-11,14H2,1H3,(H,21,24). The first kappa shape index (κ1) is 16.1. The van der Waals surface area contributed by atoms with Crippen LogP contribution in [0.1, 0.15) is 30.9 Å². The number of hydrogen-bond acceptors (Lipinski definition) is 3. The van der Waals surface area contributed by atoms with Gasteiger partial charge in [0.1, 0.15) is 0 Å². The van der Waals surface area contributed by atoms with Crippen molar-refractivity contribution in [1.82, 2.24) is 14.7 Å². The molecule has 2 aromatic rings. The van der Waals surface area contributed by atoms with Gasteiger partial charge in [0.25, 0.3) is 0 Å². The van der Waals surface area contributed by atoms with Gasteiger partial charge in [0, 0.05) is 25.3 Å². The highest BCUT2D eigenvalue weighted by molar-refractivity contribution is 5.90. The van der Waals surface area contributed by atoms with Crippen LogP contribution in [0.15, 0.2) is 42.7 Å². The summed E-state index contributed by atoms with van der Waals surface area (Å²) in [6, 6.07) is 10.5. The van der Waals surface area contributed by atoms with Gasteiger partial charge in [-0.1, -0.05) is 36.8 Å². The summed E-state index contributed by atoms with van der Waals surface area (Å²) in [6.45, 7) is 2.11. The Morgan fingerprint density at radius 3 is 2.84 bits per heavy atom. The summed E-state index contributed by atoms with van der Waals surface area (Å²) in [5.41, 5.74) is 2.25. The van der Waals surface area contributed by atoms with Gasteiger partial charge in [0.05, 0.1) is 31.1 Å². The van der Waals surface area contributed by atoms with Gasteiger partial charge in [-0.25, -0.2) is 4.79 Å². The van der Waals surface area contributed by atoms with Gasteiger partial charge in [0.15, 0.2) is 0 Å². The number of nitrogens with zero attached hydrogens (tertiary/aromatic N) is 3. The number of likely N-dealkylation sites (tertiary alicyclic amines) is 1. The molecule has 25 heavy (non-hydrogen) atoms. The molecule has 2 amide bonds. The molecule has 1 aromatic heterocycles. The summed E-state index contributed by atoms with van der Waals surface area (Å²) >= 11 is 0. The molecule has 1 saturated heterocycles. The third-order valence-corrected chi connectivity index (χ3v) is 5.51. The lowest BCUT2D eigenvalue weighted by molar-refractivity contribution is -0.0970. The second kappa shape index (κ2) is 6.52. The number of carbonyl (C=O) groups excluding carboxylic acids is 1. The van der Waals surface area contributed by atoms with Crippen LogP contribution in [0.4, 0.5) is 10.5 Å². The number of anilines is 1. The Labute approximate surface area is 147 Å². The number of aromatic nitrogens is 2. The lowest BCUT2D eigenvalue weighted by Gasteiger charge is -2.62. The predicted octanol–water partition coefficient (Wildman–Crippen LogP) is 3.29. The molecule has 0 radical (unpaired) electrons. The van der Waals surface area contributed by atoms with E-state index in [9.17, 15) is 4.79 Å². The number of ether oxygens (including phenoxy) is 1. The lowest BCUT2D eigenvalue weighted by atomic mass is 9.56. The van der Waals surface area contributed by atoms with Gasteiger partial charge in [-0.2, -0.15) is 5.10 Å². The number of hydrogen-bond donors (Lipinski definition) is 1. The molecule has 1 N–H and O–H groups in total. The van der Waals surface area contributed by atoms with Crippen molar-refractivity contribution >= 4 is 11.7 Å². The Kier molecular flexibility index (Phi) is 4.21. The zero-order chi connectivity index (χ0) is 17.3. The Morgan fingerprint density at radius 1 is 1.36 bits per heavy atom. The average molecular weight is 340 g/mol. The normalized spacial score (nSPS) is 20.8. The molecule has 6 heteroatoms. The van der Waals surface area contributed by atoms with Crippen molar-refractivity contribution in [3.8, 4) is 0 Å². The fraction of sp³-hybridized carbons (Fsp3) is 0.474. The van der Waals surface area contributed by atoms with E-state index < -0.39 is 0 Å². The van der Waals surface area contributed by atoms with Crippen LogP contribution in [0.25, 0.3) is 0 Å². The molecule has 2 heterocycles. The minimum atomic E-state index is -0.0438. The highest BCUT2D eigenvalue weighted by Gasteiger charge is 2.57. The number of benzene rings is 1. The highest BCUT2D eigenvalue weighted by atomic mass is 16.5. The van der Waals surface area contributed by atoms with E-state index in [0.29, 0.717) is 18.6 Å². The van der Waals surface area contributed by atoms with E-state index in [-0.39, 0.29) is 12.1 Å². The summed E-state index contributed by atoms with van der Waals surface area (Å²) in [5.74, 6) is 0. The summed E-state index contributed by atoms with van der Waals surface area (Å²) in [4.78, 5) is 14.7. The van der Waals surface area contributed by atoms with Gasteiger partial charge in [-0.15, -0.1) is 0 Å². The third kappa shape index (κ3) is 2.91. The van der Waals surface area contributed by atoms with Gasteiger partial charge in [0.2, 0.25) is 0 Å². The summed E-state index contributed by atoms with van der Waals surface area (Å²) in [6.07, 6.45) is 7.22. The molecule has 1 aliphatic carbocycles. The SMILES string of the molecule is COCCn1cc(NC(=O)N2CC3(CCC3)C2c2ccccc2)cn1. The van der Waals surface area contributed by atoms with Gasteiger partial charge >= 0.3 is 6.03 Å². The molecule has 2 fully saturated rings. The smallest absolute Gasteiger partial charge is 0.322 e. The van der Waals surface area contributed by atoms with Crippen LogP contribution in [-0.2, 0) is 11.3 Å².